The fourth-order valence-corrected chi connectivity index (χ4v) is 2.83. The summed E-state index contributed by atoms with van der Waals surface area (Å²) in [7, 11) is 0. The summed E-state index contributed by atoms with van der Waals surface area (Å²) in [6.07, 6.45) is 4.50. The summed E-state index contributed by atoms with van der Waals surface area (Å²) in [6.45, 7) is 6.99. The Labute approximate surface area is 131 Å². The second-order valence-electron chi connectivity index (χ2n) is 6.09. The zero-order valence-corrected chi connectivity index (χ0v) is 13.0. The lowest BCUT2D eigenvalue weighted by Crippen LogP contribution is -2.38. The van der Waals surface area contributed by atoms with Crippen molar-refractivity contribution in [3.05, 3.63) is 48.0 Å². The molecule has 1 atom stereocenters. The summed E-state index contributed by atoms with van der Waals surface area (Å²) in [5, 5.41) is 4.23. The number of amides is 1. The van der Waals surface area contributed by atoms with Gasteiger partial charge in [0, 0.05) is 24.4 Å². The van der Waals surface area contributed by atoms with E-state index >= 15 is 0 Å². The second kappa shape index (κ2) is 6.34. The Balaban J connectivity index is 1.62. The predicted octanol–water partition coefficient (Wildman–Crippen LogP) is 2.91. The van der Waals surface area contributed by atoms with Crippen LogP contribution in [0.4, 0.5) is 0 Å². The van der Waals surface area contributed by atoms with Crippen LogP contribution in [0, 0.1) is 12.8 Å². The van der Waals surface area contributed by atoms with Crippen molar-refractivity contribution in [1.82, 2.24) is 4.90 Å². The highest BCUT2D eigenvalue weighted by Crippen LogP contribution is 2.31. The molecule has 4 nitrogen and oxygen atoms in total. The number of oxime groups is 1. The van der Waals surface area contributed by atoms with Crippen LogP contribution in [0.25, 0.3) is 0 Å². The van der Waals surface area contributed by atoms with E-state index in [-0.39, 0.29) is 17.9 Å². The first-order chi connectivity index (χ1) is 10.7. The lowest BCUT2D eigenvalue weighted by Gasteiger charge is -2.23. The molecule has 1 aliphatic carbocycles. The van der Waals surface area contributed by atoms with Crippen molar-refractivity contribution >= 4 is 11.6 Å². The molecule has 1 amide bonds. The van der Waals surface area contributed by atoms with Crippen molar-refractivity contribution in [2.75, 3.05) is 13.1 Å². The molecule has 22 heavy (non-hydrogen) atoms. The molecule has 0 unspecified atom stereocenters. The third-order valence-electron chi connectivity index (χ3n) is 4.20. The van der Waals surface area contributed by atoms with E-state index in [1.807, 2.05) is 17.0 Å². The van der Waals surface area contributed by atoms with Gasteiger partial charge in [-0.3, -0.25) is 4.79 Å². The highest BCUT2D eigenvalue weighted by Gasteiger charge is 2.35. The Bertz CT molecular complexity index is 605. The van der Waals surface area contributed by atoms with Gasteiger partial charge in [-0.15, -0.1) is 6.58 Å². The van der Waals surface area contributed by atoms with Crippen LogP contribution >= 0.6 is 0 Å². The topological polar surface area (TPSA) is 41.9 Å². The zero-order valence-electron chi connectivity index (χ0n) is 13.0. The summed E-state index contributed by atoms with van der Waals surface area (Å²) in [4.78, 5) is 19.7. The molecule has 0 N–H and O–H groups in total. The molecule has 2 aliphatic rings. The van der Waals surface area contributed by atoms with E-state index in [2.05, 4.69) is 30.8 Å². The van der Waals surface area contributed by atoms with Gasteiger partial charge < -0.3 is 9.74 Å². The number of aryl methyl sites for hydroxylation is 1. The van der Waals surface area contributed by atoms with Gasteiger partial charge >= 0.3 is 0 Å². The minimum absolute atomic E-state index is 0.0581. The van der Waals surface area contributed by atoms with Gasteiger partial charge in [-0.05, 0) is 25.3 Å². The first-order valence-corrected chi connectivity index (χ1v) is 7.87. The van der Waals surface area contributed by atoms with Crippen LogP contribution in [0.3, 0.4) is 0 Å². The Morgan fingerprint density at radius 2 is 2.23 bits per heavy atom. The molecule has 0 aromatic heterocycles. The molecule has 3 rings (SSSR count). The third kappa shape index (κ3) is 3.21. The van der Waals surface area contributed by atoms with Gasteiger partial charge in [0.25, 0.3) is 0 Å². The molecular formula is C18H22N2O2. The van der Waals surface area contributed by atoms with Gasteiger partial charge in [0.1, 0.15) is 0 Å². The molecule has 0 spiro atoms. The minimum atomic E-state index is -0.0581. The van der Waals surface area contributed by atoms with E-state index in [1.54, 1.807) is 6.08 Å². The Morgan fingerprint density at radius 1 is 1.45 bits per heavy atom. The molecule has 1 fully saturated rings. The highest BCUT2D eigenvalue weighted by molar-refractivity contribution is 6.02. The van der Waals surface area contributed by atoms with Crippen molar-refractivity contribution < 1.29 is 9.63 Å². The number of hydrogen-bond donors (Lipinski definition) is 0. The van der Waals surface area contributed by atoms with E-state index in [4.69, 9.17) is 4.84 Å². The van der Waals surface area contributed by atoms with Gasteiger partial charge in [0.2, 0.25) is 5.91 Å². The summed E-state index contributed by atoms with van der Waals surface area (Å²) in [5.74, 6) is 0.450. The predicted molar refractivity (Wildman–Crippen MR) is 86.7 cm³/mol. The van der Waals surface area contributed by atoms with Crippen molar-refractivity contribution in [1.29, 1.82) is 0 Å². The third-order valence-corrected chi connectivity index (χ3v) is 4.20. The molecule has 4 heteroatoms. The summed E-state index contributed by atoms with van der Waals surface area (Å²) >= 11 is 0. The smallest absolute Gasteiger partial charge is 0.226 e. The molecule has 0 bridgehead atoms. The van der Waals surface area contributed by atoms with E-state index in [9.17, 15) is 4.79 Å². The number of hydrogen-bond acceptors (Lipinski definition) is 3. The second-order valence-corrected chi connectivity index (χ2v) is 6.09. The van der Waals surface area contributed by atoms with Gasteiger partial charge in [0.15, 0.2) is 6.10 Å². The lowest BCUT2D eigenvalue weighted by atomic mass is 10.0. The average molecular weight is 298 g/mol. The summed E-state index contributed by atoms with van der Waals surface area (Å²) < 4.78 is 0. The Morgan fingerprint density at radius 3 is 2.91 bits per heavy atom. The lowest BCUT2D eigenvalue weighted by molar-refractivity contribution is -0.133. The van der Waals surface area contributed by atoms with Gasteiger partial charge in [0.05, 0.1) is 12.3 Å². The van der Waals surface area contributed by atoms with Crippen LogP contribution in [0.1, 0.15) is 30.4 Å². The fourth-order valence-electron chi connectivity index (χ4n) is 2.83. The zero-order chi connectivity index (χ0) is 15.5. The minimum Gasteiger partial charge on any atom is -0.390 e. The van der Waals surface area contributed by atoms with Crippen LogP contribution in [-0.2, 0) is 9.63 Å². The summed E-state index contributed by atoms with van der Waals surface area (Å²) in [5.41, 5.74) is 3.30. The van der Waals surface area contributed by atoms with Crippen molar-refractivity contribution in [3.8, 4) is 0 Å². The van der Waals surface area contributed by atoms with Crippen molar-refractivity contribution in [2.24, 2.45) is 11.1 Å². The highest BCUT2D eigenvalue weighted by atomic mass is 16.6. The van der Waals surface area contributed by atoms with Crippen LogP contribution in [-0.4, -0.2) is 35.7 Å². The van der Waals surface area contributed by atoms with E-state index in [0.717, 1.165) is 30.5 Å². The van der Waals surface area contributed by atoms with Gasteiger partial charge in [-0.25, -0.2) is 0 Å². The van der Waals surface area contributed by atoms with Gasteiger partial charge in [-0.2, -0.15) is 0 Å². The van der Waals surface area contributed by atoms with E-state index in [1.165, 1.54) is 5.56 Å². The molecule has 0 radical (unpaired) electrons. The first-order valence-electron chi connectivity index (χ1n) is 7.87. The maximum atomic E-state index is 12.3. The monoisotopic (exact) mass is 298 g/mol. The van der Waals surface area contributed by atoms with Crippen molar-refractivity contribution in [2.45, 2.75) is 32.3 Å². The van der Waals surface area contributed by atoms with E-state index < -0.39 is 0 Å². The average Bonchev–Trinajstić information content (AvgIpc) is 3.27. The molecular weight excluding hydrogens is 276 g/mol. The Hall–Kier alpha value is -2.10. The SMILES string of the molecule is C=CCN(C[C@H]1CC(c2ccccc2C)=NO1)C(=O)C1CC1. The Kier molecular flexibility index (Phi) is 4.27. The normalized spacial score (nSPS) is 20.2. The summed E-state index contributed by atoms with van der Waals surface area (Å²) in [6, 6.07) is 8.17. The molecule has 116 valence electrons. The number of carbonyl (C=O) groups excluding carboxylic acids is 1. The van der Waals surface area contributed by atoms with Gasteiger partial charge in [-0.1, -0.05) is 35.5 Å². The van der Waals surface area contributed by atoms with Crippen LogP contribution < -0.4 is 0 Å². The number of carbonyl (C=O) groups is 1. The molecule has 0 saturated heterocycles. The maximum Gasteiger partial charge on any atom is 0.226 e. The van der Waals surface area contributed by atoms with Crippen LogP contribution in [0.2, 0.25) is 0 Å². The van der Waals surface area contributed by atoms with Crippen LogP contribution in [0.15, 0.2) is 42.1 Å². The largest absolute Gasteiger partial charge is 0.390 e. The molecule has 1 aromatic rings. The first kappa shape index (κ1) is 14.8. The molecule has 1 heterocycles. The quantitative estimate of drug-likeness (QED) is 0.758. The number of rotatable bonds is 6. The number of benzene rings is 1. The van der Waals surface area contributed by atoms with Crippen LogP contribution in [0.5, 0.6) is 0 Å². The maximum absolute atomic E-state index is 12.3. The van der Waals surface area contributed by atoms with Crippen molar-refractivity contribution in [3.63, 3.8) is 0 Å². The molecule has 1 aromatic carbocycles. The number of nitrogens with zero attached hydrogens (tertiary/aromatic N) is 2. The standard InChI is InChI=1S/C18H22N2O2/c1-3-10-20(18(21)14-8-9-14)12-15-11-17(19-22-15)16-7-5-4-6-13(16)2/h3-7,14-15H,1,8-12H2,2H3/t15-/m1/s1. The fraction of sp³-hybridized carbons (Fsp3) is 0.444. The van der Waals surface area contributed by atoms with E-state index in [0.29, 0.717) is 13.1 Å². The molecule has 1 saturated carbocycles. The molecule has 1 aliphatic heterocycles.